The Hall–Kier alpha value is -2.57. The number of fused-ring (bicyclic) bond motifs is 1. The second-order valence-electron chi connectivity index (χ2n) is 4.92. The topological polar surface area (TPSA) is 86.4 Å². The molecule has 0 saturated carbocycles. The van der Waals surface area contributed by atoms with Crippen molar-refractivity contribution >= 4 is 11.9 Å². The highest BCUT2D eigenvalue weighted by Gasteiger charge is 2.14. The zero-order chi connectivity index (χ0) is 14.8. The third-order valence-corrected chi connectivity index (χ3v) is 3.05. The van der Waals surface area contributed by atoms with Crippen LogP contribution in [0.3, 0.4) is 0 Å². The molecule has 1 aromatic carbocycles. The molecule has 2 aromatic rings. The van der Waals surface area contributed by atoms with E-state index in [1.54, 1.807) is 4.90 Å². The minimum Gasteiger partial charge on any atom is -0.490 e. The van der Waals surface area contributed by atoms with E-state index < -0.39 is 0 Å². The average Bonchev–Trinajstić information content (AvgIpc) is 2.70. The molecular formula is C14H17N5O2. The quantitative estimate of drug-likeness (QED) is 0.892. The van der Waals surface area contributed by atoms with E-state index in [1.807, 2.05) is 32.3 Å². The van der Waals surface area contributed by atoms with Gasteiger partial charge in [0.25, 0.3) is 0 Å². The number of nitrogen functional groups attached to an aromatic ring is 1. The van der Waals surface area contributed by atoms with Crippen LogP contribution in [0.5, 0.6) is 11.5 Å². The summed E-state index contributed by atoms with van der Waals surface area (Å²) < 4.78 is 11.3. The molecule has 0 aliphatic carbocycles. The van der Waals surface area contributed by atoms with Gasteiger partial charge in [0.05, 0.1) is 13.2 Å². The first kappa shape index (κ1) is 13.4. The number of ether oxygens (including phenoxy) is 2. The number of aromatic nitrogens is 3. The van der Waals surface area contributed by atoms with Gasteiger partial charge < -0.3 is 20.1 Å². The average molecular weight is 287 g/mol. The molecule has 0 amide bonds. The summed E-state index contributed by atoms with van der Waals surface area (Å²) in [4.78, 5) is 14.5. The molecule has 110 valence electrons. The second kappa shape index (κ2) is 5.43. The molecule has 2 N–H and O–H groups in total. The summed E-state index contributed by atoms with van der Waals surface area (Å²) in [6, 6.07) is 5.63. The van der Waals surface area contributed by atoms with Gasteiger partial charge in [-0.3, -0.25) is 0 Å². The summed E-state index contributed by atoms with van der Waals surface area (Å²) in [5, 5.41) is 0. The van der Waals surface area contributed by atoms with Crippen molar-refractivity contribution in [1.82, 2.24) is 15.0 Å². The molecule has 1 aliphatic heterocycles. The van der Waals surface area contributed by atoms with Gasteiger partial charge in [0.1, 0.15) is 0 Å². The molecule has 0 atom stereocenters. The normalized spacial score (nSPS) is 13.6. The molecule has 0 saturated heterocycles. The molecule has 3 rings (SSSR count). The van der Waals surface area contributed by atoms with Crippen LogP contribution < -0.4 is 20.1 Å². The van der Waals surface area contributed by atoms with Crippen LogP contribution >= 0.6 is 0 Å². The Morgan fingerprint density at radius 1 is 1.05 bits per heavy atom. The predicted molar refractivity (Wildman–Crippen MR) is 79.6 cm³/mol. The lowest BCUT2D eigenvalue weighted by Crippen LogP contribution is -2.15. The molecule has 21 heavy (non-hydrogen) atoms. The summed E-state index contributed by atoms with van der Waals surface area (Å²) in [5.74, 6) is 2.67. The Labute approximate surface area is 122 Å². The van der Waals surface area contributed by atoms with Crippen LogP contribution in [-0.2, 0) is 0 Å². The number of hydrogen-bond donors (Lipinski definition) is 1. The lowest BCUT2D eigenvalue weighted by molar-refractivity contribution is 0.297. The fourth-order valence-electron chi connectivity index (χ4n) is 2.01. The van der Waals surface area contributed by atoms with Gasteiger partial charge in [-0.25, -0.2) is 0 Å². The largest absolute Gasteiger partial charge is 0.490 e. The summed E-state index contributed by atoms with van der Waals surface area (Å²) in [6.45, 7) is 1.30. The Morgan fingerprint density at radius 2 is 1.81 bits per heavy atom. The van der Waals surface area contributed by atoms with Crippen LogP contribution in [0.4, 0.5) is 11.9 Å². The monoisotopic (exact) mass is 287 g/mol. The Morgan fingerprint density at radius 3 is 2.57 bits per heavy atom. The maximum Gasteiger partial charge on any atom is 0.230 e. The smallest absolute Gasteiger partial charge is 0.230 e. The van der Waals surface area contributed by atoms with Crippen molar-refractivity contribution in [3.8, 4) is 22.9 Å². The maximum absolute atomic E-state index is 5.75. The van der Waals surface area contributed by atoms with Gasteiger partial charge in [-0.05, 0) is 18.2 Å². The fraction of sp³-hybridized carbons (Fsp3) is 0.357. The fourth-order valence-corrected chi connectivity index (χ4v) is 2.01. The molecular weight excluding hydrogens is 270 g/mol. The molecule has 7 nitrogen and oxygen atoms in total. The van der Waals surface area contributed by atoms with Crippen molar-refractivity contribution in [2.45, 2.75) is 6.42 Å². The van der Waals surface area contributed by atoms with E-state index in [2.05, 4.69) is 15.0 Å². The molecule has 0 unspecified atom stereocenters. The first-order valence-corrected chi connectivity index (χ1v) is 6.72. The SMILES string of the molecule is CN(C)c1nc(N)nc(-c2ccc3c(c2)OCCCO3)n1. The number of nitrogens with zero attached hydrogens (tertiary/aromatic N) is 4. The number of rotatable bonds is 2. The second-order valence-corrected chi connectivity index (χ2v) is 4.92. The van der Waals surface area contributed by atoms with E-state index in [0.717, 1.165) is 17.7 Å². The van der Waals surface area contributed by atoms with E-state index in [0.29, 0.717) is 30.7 Å². The molecule has 1 aromatic heterocycles. The van der Waals surface area contributed by atoms with Crippen molar-refractivity contribution < 1.29 is 9.47 Å². The standard InChI is InChI=1S/C14H17N5O2/c1-19(2)14-17-12(16-13(15)18-14)9-4-5-10-11(8-9)21-7-3-6-20-10/h4-5,8H,3,6-7H2,1-2H3,(H2,15,16,17,18). The van der Waals surface area contributed by atoms with E-state index >= 15 is 0 Å². The number of anilines is 2. The van der Waals surface area contributed by atoms with Crippen LogP contribution in [0.1, 0.15) is 6.42 Å². The van der Waals surface area contributed by atoms with Gasteiger partial charge >= 0.3 is 0 Å². The Kier molecular flexibility index (Phi) is 3.47. The van der Waals surface area contributed by atoms with Gasteiger partial charge in [0.15, 0.2) is 17.3 Å². The summed E-state index contributed by atoms with van der Waals surface area (Å²) in [5.41, 5.74) is 6.57. The lowest BCUT2D eigenvalue weighted by atomic mass is 10.2. The highest BCUT2D eigenvalue weighted by Crippen LogP contribution is 2.33. The predicted octanol–water partition coefficient (Wildman–Crippen LogP) is 1.35. The molecule has 0 bridgehead atoms. The van der Waals surface area contributed by atoms with Crippen LogP contribution in [0.15, 0.2) is 18.2 Å². The molecule has 2 heterocycles. The third-order valence-electron chi connectivity index (χ3n) is 3.05. The van der Waals surface area contributed by atoms with E-state index in [1.165, 1.54) is 0 Å². The molecule has 7 heteroatoms. The summed E-state index contributed by atoms with van der Waals surface area (Å²) in [6.07, 6.45) is 0.869. The highest BCUT2D eigenvalue weighted by molar-refractivity contribution is 5.63. The van der Waals surface area contributed by atoms with Gasteiger partial charge in [-0.1, -0.05) is 0 Å². The van der Waals surface area contributed by atoms with Crippen LogP contribution in [0.2, 0.25) is 0 Å². The van der Waals surface area contributed by atoms with Crippen molar-refractivity contribution in [1.29, 1.82) is 0 Å². The first-order chi connectivity index (χ1) is 10.1. The zero-order valence-electron chi connectivity index (χ0n) is 12.0. The van der Waals surface area contributed by atoms with Crippen LogP contribution in [0.25, 0.3) is 11.4 Å². The molecule has 0 fully saturated rings. The number of hydrogen-bond acceptors (Lipinski definition) is 7. The van der Waals surface area contributed by atoms with E-state index in [4.69, 9.17) is 15.2 Å². The first-order valence-electron chi connectivity index (χ1n) is 6.72. The summed E-state index contributed by atoms with van der Waals surface area (Å²) in [7, 11) is 3.71. The van der Waals surface area contributed by atoms with Crippen molar-refractivity contribution in [2.75, 3.05) is 37.9 Å². The molecule has 1 aliphatic rings. The Balaban J connectivity index is 2.02. The van der Waals surface area contributed by atoms with Crippen molar-refractivity contribution in [3.63, 3.8) is 0 Å². The van der Waals surface area contributed by atoms with Gasteiger partial charge in [-0.15, -0.1) is 0 Å². The third kappa shape index (κ3) is 2.81. The van der Waals surface area contributed by atoms with E-state index in [9.17, 15) is 0 Å². The maximum atomic E-state index is 5.75. The molecule has 0 radical (unpaired) electrons. The number of benzene rings is 1. The lowest BCUT2D eigenvalue weighted by Gasteiger charge is -2.12. The minimum absolute atomic E-state index is 0.191. The van der Waals surface area contributed by atoms with Gasteiger partial charge in [0, 0.05) is 26.1 Å². The minimum atomic E-state index is 0.191. The van der Waals surface area contributed by atoms with E-state index in [-0.39, 0.29) is 5.95 Å². The van der Waals surface area contributed by atoms with Gasteiger partial charge in [-0.2, -0.15) is 15.0 Å². The van der Waals surface area contributed by atoms with Crippen molar-refractivity contribution in [2.24, 2.45) is 0 Å². The number of nitrogens with two attached hydrogens (primary N) is 1. The molecule has 0 spiro atoms. The highest BCUT2D eigenvalue weighted by atomic mass is 16.5. The Bertz CT molecular complexity index is 660. The van der Waals surface area contributed by atoms with Gasteiger partial charge in [0.2, 0.25) is 11.9 Å². The zero-order valence-corrected chi connectivity index (χ0v) is 12.0. The van der Waals surface area contributed by atoms with Crippen molar-refractivity contribution in [3.05, 3.63) is 18.2 Å². The summed E-state index contributed by atoms with van der Waals surface area (Å²) >= 11 is 0. The van der Waals surface area contributed by atoms with Crippen LogP contribution in [0, 0.1) is 0 Å². The van der Waals surface area contributed by atoms with Crippen LogP contribution in [-0.4, -0.2) is 42.3 Å².